The molecule has 1 aromatic rings. The van der Waals surface area contributed by atoms with Crippen molar-refractivity contribution in [2.24, 2.45) is 11.5 Å². The lowest BCUT2D eigenvalue weighted by Gasteiger charge is -2.13. The topological polar surface area (TPSA) is 81.1 Å². The van der Waals surface area contributed by atoms with Crippen LogP contribution in [0.15, 0.2) is 18.2 Å². The van der Waals surface area contributed by atoms with E-state index in [-0.39, 0.29) is 42.6 Å². The van der Waals surface area contributed by atoms with Crippen LogP contribution in [0, 0.1) is 0 Å². The van der Waals surface area contributed by atoms with Gasteiger partial charge in [0, 0.05) is 12.2 Å². The fraction of sp³-hybridized carbons (Fsp3) is 0.364. The summed E-state index contributed by atoms with van der Waals surface area (Å²) in [5, 5.41) is 2.31. The number of carbonyl (C=O) groups is 1. The minimum absolute atomic E-state index is 0. The summed E-state index contributed by atoms with van der Waals surface area (Å²) in [4.78, 5) is 11.3. The number of alkyl halides is 3. The van der Waals surface area contributed by atoms with Crippen molar-refractivity contribution < 1.29 is 18.0 Å². The molecule has 0 saturated heterocycles. The quantitative estimate of drug-likeness (QED) is 0.793. The minimum atomic E-state index is -4.49. The van der Waals surface area contributed by atoms with Crippen LogP contribution in [-0.4, -0.2) is 11.9 Å². The molecule has 0 heterocycles. The smallest absolute Gasteiger partial charge is 0.326 e. The highest BCUT2D eigenvalue weighted by atomic mass is 35.5. The monoisotopic (exact) mass is 333 g/mol. The number of anilines is 1. The van der Waals surface area contributed by atoms with Gasteiger partial charge in [-0.05, 0) is 30.7 Å². The number of hydrogen-bond acceptors (Lipinski definition) is 3. The summed E-state index contributed by atoms with van der Waals surface area (Å²) in [6, 6.07) is 2.37. The molecule has 1 rings (SSSR count). The second kappa shape index (κ2) is 8.31. The predicted molar refractivity (Wildman–Crippen MR) is 76.1 cm³/mol. The van der Waals surface area contributed by atoms with Gasteiger partial charge in [0.1, 0.15) is 0 Å². The fourth-order valence-electron chi connectivity index (χ4n) is 1.30. The van der Waals surface area contributed by atoms with Gasteiger partial charge < -0.3 is 16.8 Å². The highest BCUT2D eigenvalue weighted by Gasteiger charge is 2.31. The first-order chi connectivity index (χ1) is 8.24. The summed E-state index contributed by atoms with van der Waals surface area (Å²) < 4.78 is 37.8. The molecule has 5 N–H and O–H groups in total. The number of halogens is 5. The first-order valence-corrected chi connectivity index (χ1v) is 5.21. The summed E-state index contributed by atoms with van der Waals surface area (Å²) in [6.45, 7) is 1.39. The van der Waals surface area contributed by atoms with Gasteiger partial charge in [0.2, 0.25) is 5.91 Å². The molecule has 116 valence electrons. The average molecular weight is 334 g/mol. The number of nitrogens with two attached hydrogens (primary N) is 2. The van der Waals surface area contributed by atoms with Gasteiger partial charge in [0.05, 0.1) is 11.6 Å². The Labute approximate surface area is 126 Å². The zero-order valence-corrected chi connectivity index (χ0v) is 12.2. The van der Waals surface area contributed by atoms with Crippen molar-refractivity contribution in [2.75, 3.05) is 5.32 Å². The first-order valence-electron chi connectivity index (χ1n) is 5.21. The highest BCUT2D eigenvalue weighted by Crippen LogP contribution is 2.31. The van der Waals surface area contributed by atoms with Crippen LogP contribution >= 0.6 is 24.8 Å². The van der Waals surface area contributed by atoms with Gasteiger partial charge in [-0.15, -0.1) is 24.8 Å². The molecule has 0 spiro atoms. The maximum atomic E-state index is 12.6. The number of nitrogens with one attached hydrogen (secondary N) is 1. The van der Waals surface area contributed by atoms with Crippen molar-refractivity contribution in [1.82, 2.24) is 0 Å². The fourth-order valence-corrected chi connectivity index (χ4v) is 1.30. The third-order valence-electron chi connectivity index (χ3n) is 2.24. The number of amides is 1. The average Bonchev–Trinajstić information content (AvgIpc) is 2.27. The maximum absolute atomic E-state index is 12.6. The molecule has 0 bridgehead atoms. The molecule has 4 nitrogen and oxygen atoms in total. The minimum Gasteiger partial charge on any atom is -0.326 e. The van der Waals surface area contributed by atoms with Gasteiger partial charge in [0.15, 0.2) is 0 Å². The van der Waals surface area contributed by atoms with Gasteiger partial charge in [-0.25, -0.2) is 0 Å². The second-order valence-corrected chi connectivity index (χ2v) is 3.90. The number of hydrogen-bond donors (Lipinski definition) is 3. The summed E-state index contributed by atoms with van der Waals surface area (Å²) >= 11 is 0. The maximum Gasteiger partial charge on any atom is 0.416 e. The van der Waals surface area contributed by atoms with Crippen molar-refractivity contribution in [3.63, 3.8) is 0 Å². The molecule has 0 unspecified atom stereocenters. The zero-order valence-electron chi connectivity index (χ0n) is 10.5. The molecule has 0 radical (unpaired) electrons. The van der Waals surface area contributed by atoms with E-state index in [1.807, 2.05) is 0 Å². The van der Waals surface area contributed by atoms with Crippen LogP contribution in [0.1, 0.15) is 18.1 Å². The summed E-state index contributed by atoms with van der Waals surface area (Å²) in [6.07, 6.45) is -4.49. The Morgan fingerprint density at radius 2 is 1.85 bits per heavy atom. The standard InChI is InChI=1S/C11H14F3N3O.2ClH/c1-6(16)10(18)17-9-3-7(5-15)2-8(4-9)11(12,13)14;;/h2-4,6H,5,15-16H2,1H3,(H,17,18);2*1H/t6-;;/m1../s1. The van der Waals surface area contributed by atoms with Crippen LogP contribution in [-0.2, 0) is 17.5 Å². The van der Waals surface area contributed by atoms with Gasteiger partial charge >= 0.3 is 6.18 Å². The molecule has 0 aliphatic heterocycles. The molecular weight excluding hydrogens is 318 g/mol. The summed E-state index contributed by atoms with van der Waals surface area (Å²) in [7, 11) is 0. The normalized spacial score (nSPS) is 11.9. The van der Waals surface area contributed by atoms with E-state index in [4.69, 9.17) is 11.5 Å². The number of carbonyl (C=O) groups excluding carboxylic acids is 1. The molecule has 1 aromatic carbocycles. The van der Waals surface area contributed by atoms with E-state index >= 15 is 0 Å². The van der Waals surface area contributed by atoms with Crippen molar-refractivity contribution in [1.29, 1.82) is 0 Å². The molecule has 1 amide bonds. The van der Waals surface area contributed by atoms with E-state index in [9.17, 15) is 18.0 Å². The number of rotatable bonds is 3. The summed E-state index contributed by atoms with van der Waals surface area (Å²) in [5.74, 6) is -0.558. The van der Waals surface area contributed by atoms with E-state index < -0.39 is 23.7 Å². The highest BCUT2D eigenvalue weighted by molar-refractivity contribution is 5.94. The van der Waals surface area contributed by atoms with E-state index in [0.717, 1.165) is 12.1 Å². The second-order valence-electron chi connectivity index (χ2n) is 3.90. The molecule has 0 aliphatic rings. The Balaban J connectivity index is 0. The van der Waals surface area contributed by atoms with Crippen molar-refractivity contribution in [2.45, 2.75) is 25.7 Å². The van der Waals surface area contributed by atoms with Crippen LogP contribution in [0.4, 0.5) is 18.9 Å². The van der Waals surface area contributed by atoms with Crippen LogP contribution < -0.4 is 16.8 Å². The Morgan fingerprint density at radius 1 is 1.30 bits per heavy atom. The number of benzene rings is 1. The Hall–Kier alpha value is -1.02. The van der Waals surface area contributed by atoms with Gasteiger partial charge in [0.25, 0.3) is 0 Å². The Kier molecular flexibility index (Phi) is 8.84. The van der Waals surface area contributed by atoms with E-state index in [1.165, 1.54) is 13.0 Å². The largest absolute Gasteiger partial charge is 0.416 e. The van der Waals surface area contributed by atoms with Crippen LogP contribution in [0.5, 0.6) is 0 Å². The molecule has 9 heteroatoms. The summed E-state index contributed by atoms with van der Waals surface area (Å²) in [5.41, 5.74) is 10.1. The first kappa shape index (κ1) is 21.3. The predicted octanol–water partition coefficient (Wildman–Crippen LogP) is 2.29. The van der Waals surface area contributed by atoms with Crippen LogP contribution in [0.2, 0.25) is 0 Å². The SMILES string of the molecule is C[C@@H](N)C(=O)Nc1cc(CN)cc(C(F)(F)F)c1.Cl.Cl. The lowest BCUT2D eigenvalue weighted by Crippen LogP contribution is -2.32. The van der Waals surface area contributed by atoms with Crippen LogP contribution in [0.3, 0.4) is 0 Å². The third-order valence-corrected chi connectivity index (χ3v) is 2.24. The van der Waals surface area contributed by atoms with Gasteiger partial charge in [-0.1, -0.05) is 0 Å². The Bertz CT molecular complexity index is 453. The molecule has 0 saturated carbocycles. The van der Waals surface area contributed by atoms with Gasteiger partial charge in [-0.2, -0.15) is 13.2 Å². The molecular formula is C11H16Cl2F3N3O. The lowest BCUT2D eigenvalue weighted by molar-refractivity contribution is -0.137. The van der Waals surface area contributed by atoms with E-state index in [1.54, 1.807) is 0 Å². The van der Waals surface area contributed by atoms with E-state index in [0.29, 0.717) is 0 Å². The molecule has 0 aliphatic carbocycles. The molecule has 1 atom stereocenters. The van der Waals surface area contributed by atoms with E-state index in [2.05, 4.69) is 5.32 Å². The molecule has 0 fully saturated rings. The third kappa shape index (κ3) is 5.96. The Morgan fingerprint density at radius 3 is 2.25 bits per heavy atom. The zero-order chi connectivity index (χ0) is 13.9. The van der Waals surface area contributed by atoms with Crippen molar-refractivity contribution >= 4 is 36.4 Å². The van der Waals surface area contributed by atoms with Crippen molar-refractivity contribution in [3.05, 3.63) is 29.3 Å². The molecule has 20 heavy (non-hydrogen) atoms. The van der Waals surface area contributed by atoms with Crippen LogP contribution in [0.25, 0.3) is 0 Å². The lowest BCUT2D eigenvalue weighted by atomic mass is 10.1. The van der Waals surface area contributed by atoms with Crippen molar-refractivity contribution in [3.8, 4) is 0 Å². The van der Waals surface area contributed by atoms with Gasteiger partial charge in [-0.3, -0.25) is 4.79 Å². The molecule has 0 aromatic heterocycles.